The van der Waals surface area contributed by atoms with Crippen molar-refractivity contribution in [2.75, 3.05) is 6.54 Å². The zero-order chi connectivity index (χ0) is 21.2. The maximum atomic E-state index is 12.7. The third-order valence-corrected chi connectivity index (χ3v) is 6.73. The number of carbonyl (C=O) groups is 2. The van der Waals surface area contributed by atoms with Crippen molar-refractivity contribution in [1.29, 1.82) is 0 Å². The molecule has 158 valence electrons. The van der Waals surface area contributed by atoms with Crippen LogP contribution in [0.2, 0.25) is 4.34 Å². The van der Waals surface area contributed by atoms with Crippen molar-refractivity contribution in [3.63, 3.8) is 0 Å². The molecule has 0 fully saturated rings. The van der Waals surface area contributed by atoms with Crippen molar-refractivity contribution < 1.29 is 14.3 Å². The van der Waals surface area contributed by atoms with Gasteiger partial charge in [-0.3, -0.25) is 9.48 Å². The predicted molar refractivity (Wildman–Crippen MR) is 116 cm³/mol. The number of aromatic nitrogens is 2. The van der Waals surface area contributed by atoms with E-state index in [9.17, 15) is 9.59 Å². The van der Waals surface area contributed by atoms with Crippen molar-refractivity contribution in [2.45, 2.75) is 52.3 Å². The van der Waals surface area contributed by atoms with Gasteiger partial charge in [-0.05, 0) is 61.5 Å². The van der Waals surface area contributed by atoms with Gasteiger partial charge in [0.2, 0.25) is 0 Å². The number of fused-ring (bicyclic) bond motifs is 1. The lowest BCUT2D eigenvalue weighted by molar-refractivity contribution is 0.0516. The number of nitrogens with one attached hydrogen (secondary N) is 2. The molecule has 0 radical (unpaired) electrons. The number of aryl methyl sites for hydroxylation is 1. The molecule has 1 aliphatic heterocycles. The molecule has 0 saturated carbocycles. The summed E-state index contributed by atoms with van der Waals surface area (Å²) < 4.78 is 8.72. The van der Waals surface area contributed by atoms with Gasteiger partial charge < -0.3 is 15.4 Å². The van der Waals surface area contributed by atoms with Gasteiger partial charge >= 0.3 is 6.09 Å². The second-order valence-electron chi connectivity index (χ2n) is 7.97. The molecule has 1 aliphatic rings. The van der Waals surface area contributed by atoms with Gasteiger partial charge in [-0.15, -0.1) is 11.3 Å². The van der Waals surface area contributed by atoms with Gasteiger partial charge in [0.1, 0.15) is 5.60 Å². The van der Waals surface area contributed by atoms with Crippen molar-refractivity contribution in [1.82, 2.24) is 20.4 Å². The van der Waals surface area contributed by atoms with E-state index in [0.29, 0.717) is 29.4 Å². The van der Waals surface area contributed by atoms with Crippen molar-refractivity contribution in [3.8, 4) is 0 Å². The van der Waals surface area contributed by atoms with Crippen LogP contribution >= 0.6 is 38.9 Å². The lowest BCUT2D eigenvalue weighted by Crippen LogP contribution is -2.37. The molecule has 2 aromatic rings. The van der Waals surface area contributed by atoms with E-state index < -0.39 is 11.7 Å². The molecule has 7 nitrogen and oxygen atoms in total. The highest BCUT2D eigenvalue weighted by Crippen LogP contribution is 2.31. The molecule has 0 aromatic carbocycles. The Kier molecular flexibility index (Phi) is 6.90. The highest BCUT2D eigenvalue weighted by Gasteiger charge is 2.26. The number of ether oxygens (including phenoxy) is 1. The first kappa shape index (κ1) is 22.1. The van der Waals surface area contributed by atoms with E-state index in [1.54, 1.807) is 6.20 Å². The van der Waals surface area contributed by atoms with E-state index in [1.165, 1.54) is 11.3 Å². The normalized spacial score (nSPS) is 16.2. The fourth-order valence-electron chi connectivity index (χ4n) is 3.16. The largest absolute Gasteiger partial charge is 0.444 e. The number of alkyl carbamates (subject to hydrolysis) is 1. The smallest absolute Gasteiger partial charge is 0.407 e. The summed E-state index contributed by atoms with van der Waals surface area (Å²) >= 11 is 10.9. The van der Waals surface area contributed by atoms with E-state index >= 15 is 0 Å². The molecule has 0 spiro atoms. The Hall–Kier alpha value is -1.58. The molecule has 2 aromatic heterocycles. The Morgan fingerprint density at radius 1 is 1.41 bits per heavy atom. The van der Waals surface area contributed by atoms with E-state index in [0.717, 1.165) is 28.0 Å². The number of amides is 2. The summed E-state index contributed by atoms with van der Waals surface area (Å²) in [6.07, 6.45) is 2.75. The zero-order valence-electron chi connectivity index (χ0n) is 16.6. The monoisotopic (exact) mass is 502 g/mol. The minimum absolute atomic E-state index is 0.163. The standard InChI is InChI=1S/C19H24BrClN4O3S/c1-19(2,3)28-18(27)23-8-11-4-5-25-14(6-11)12(9-24-25)17(26)22-10-15-13(20)7-16(21)29-15/h7,9,11H,4-6,8,10H2,1-3H3,(H,22,26)(H,23,27). The molecular formula is C19H24BrClN4O3S. The number of rotatable bonds is 5. The van der Waals surface area contributed by atoms with E-state index in [1.807, 2.05) is 31.5 Å². The molecular weight excluding hydrogens is 480 g/mol. The summed E-state index contributed by atoms with van der Waals surface area (Å²) in [5, 5.41) is 10.1. The summed E-state index contributed by atoms with van der Waals surface area (Å²) in [7, 11) is 0. The molecule has 0 bridgehead atoms. The van der Waals surface area contributed by atoms with Gasteiger partial charge in [0, 0.05) is 22.4 Å². The maximum absolute atomic E-state index is 12.7. The molecule has 3 heterocycles. The molecule has 0 saturated heterocycles. The minimum atomic E-state index is -0.525. The van der Waals surface area contributed by atoms with Gasteiger partial charge in [-0.2, -0.15) is 5.10 Å². The van der Waals surface area contributed by atoms with Crippen molar-refractivity contribution in [3.05, 3.63) is 37.2 Å². The highest BCUT2D eigenvalue weighted by atomic mass is 79.9. The number of carbonyl (C=O) groups excluding carboxylic acids is 2. The summed E-state index contributed by atoms with van der Waals surface area (Å²) in [6, 6.07) is 1.82. The fourth-order valence-corrected chi connectivity index (χ4v) is 5.15. The zero-order valence-corrected chi connectivity index (χ0v) is 19.7. The highest BCUT2D eigenvalue weighted by molar-refractivity contribution is 9.10. The minimum Gasteiger partial charge on any atom is -0.444 e. The lowest BCUT2D eigenvalue weighted by atomic mass is 9.94. The molecule has 2 N–H and O–H groups in total. The van der Waals surface area contributed by atoms with Crippen LogP contribution in [0.5, 0.6) is 0 Å². The fraction of sp³-hybridized carbons (Fsp3) is 0.526. The Labute approximate surface area is 187 Å². The predicted octanol–water partition coefficient (Wildman–Crippen LogP) is 4.38. The first-order valence-electron chi connectivity index (χ1n) is 9.36. The van der Waals surface area contributed by atoms with Gasteiger partial charge in [0.25, 0.3) is 5.91 Å². The van der Waals surface area contributed by atoms with Crippen LogP contribution < -0.4 is 10.6 Å². The summed E-state index contributed by atoms with van der Waals surface area (Å²) in [6.45, 7) is 7.11. The number of hydrogen-bond acceptors (Lipinski definition) is 5. The van der Waals surface area contributed by atoms with Crippen LogP contribution in [0, 0.1) is 5.92 Å². The van der Waals surface area contributed by atoms with Crippen LogP contribution in [0.1, 0.15) is 48.1 Å². The van der Waals surface area contributed by atoms with E-state index in [2.05, 4.69) is 31.7 Å². The van der Waals surface area contributed by atoms with Crippen LogP contribution in [0.25, 0.3) is 0 Å². The molecule has 2 amide bonds. The van der Waals surface area contributed by atoms with Crippen molar-refractivity contribution >= 4 is 50.9 Å². The van der Waals surface area contributed by atoms with Gasteiger partial charge in [0.15, 0.2) is 0 Å². The second-order valence-corrected chi connectivity index (χ2v) is 10.6. The van der Waals surface area contributed by atoms with Gasteiger partial charge in [0.05, 0.1) is 28.3 Å². The molecule has 29 heavy (non-hydrogen) atoms. The third-order valence-electron chi connectivity index (χ3n) is 4.50. The topological polar surface area (TPSA) is 85.2 Å². The average molecular weight is 504 g/mol. The molecule has 3 rings (SSSR count). The van der Waals surface area contributed by atoms with Crippen LogP contribution in [0.4, 0.5) is 4.79 Å². The number of halogens is 2. The Balaban J connectivity index is 1.58. The van der Waals surface area contributed by atoms with E-state index in [4.69, 9.17) is 16.3 Å². The van der Waals surface area contributed by atoms with E-state index in [-0.39, 0.29) is 11.8 Å². The van der Waals surface area contributed by atoms with Gasteiger partial charge in [-0.1, -0.05) is 11.6 Å². The lowest BCUT2D eigenvalue weighted by Gasteiger charge is -2.25. The first-order chi connectivity index (χ1) is 13.6. The number of nitrogens with zero attached hydrogens (tertiary/aromatic N) is 2. The van der Waals surface area contributed by atoms with Crippen molar-refractivity contribution in [2.24, 2.45) is 5.92 Å². The van der Waals surface area contributed by atoms with Gasteiger partial charge in [-0.25, -0.2) is 4.79 Å². The van der Waals surface area contributed by atoms with Crippen LogP contribution in [0.15, 0.2) is 16.7 Å². The summed E-state index contributed by atoms with van der Waals surface area (Å²) in [5.41, 5.74) is 0.946. The number of thiophene rings is 1. The Morgan fingerprint density at radius 2 is 2.17 bits per heavy atom. The Bertz CT molecular complexity index is 906. The van der Waals surface area contributed by atoms with Crippen LogP contribution in [-0.4, -0.2) is 33.9 Å². The number of hydrogen-bond donors (Lipinski definition) is 2. The second kappa shape index (κ2) is 9.06. The quantitative estimate of drug-likeness (QED) is 0.634. The summed E-state index contributed by atoms with van der Waals surface area (Å²) in [5.74, 6) is 0.0620. The molecule has 0 aliphatic carbocycles. The third kappa shape index (κ3) is 5.96. The molecule has 1 atom stereocenters. The average Bonchev–Trinajstić information content (AvgIpc) is 3.18. The SMILES string of the molecule is CC(C)(C)OC(=O)NCC1CCn2ncc(C(=O)NCc3sc(Cl)cc3Br)c2C1. The Morgan fingerprint density at radius 3 is 2.83 bits per heavy atom. The molecule has 10 heteroatoms. The van der Waals surface area contributed by atoms with Crippen LogP contribution in [0.3, 0.4) is 0 Å². The maximum Gasteiger partial charge on any atom is 0.407 e. The molecule has 1 unspecified atom stereocenters. The van der Waals surface area contributed by atoms with Crippen LogP contribution in [-0.2, 0) is 24.2 Å². The summed E-state index contributed by atoms with van der Waals surface area (Å²) in [4.78, 5) is 25.6. The first-order valence-corrected chi connectivity index (χ1v) is 11.3.